The van der Waals surface area contributed by atoms with Gasteiger partial charge in [-0.05, 0) is 37.6 Å². The van der Waals surface area contributed by atoms with Crippen molar-refractivity contribution in [2.45, 2.75) is 32.9 Å². The molecule has 2 aromatic rings. The SMILES string of the molecule is CCNC(=NCc1ccc(C(N)=O)o1)NCC(CC)Oc1ccccc1Cl.I. The van der Waals surface area contributed by atoms with E-state index >= 15 is 0 Å². The molecule has 1 amide bonds. The van der Waals surface area contributed by atoms with Crippen molar-refractivity contribution in [3.8, 4) is 5.75 Å². The van der Waals surface area contributed by atoms with Gasteiger partial charge in [-0.2, -0.15) is 0 Å². The molecule has 0 fully saturated rings. The minimum Gasteiger partial charge on any atom is -0.487 e. The number of primary amides is 1. The smallest absolute Gasteiger partial charge is 0.284 e. The Morgan fingerprint density at radius 3 is 2.61 bits per heavy atom. The van der Waals surface area contributed by atoms with E-state index < -0.39 is 5.91 Å². The van der Waals surface area contributed by atoms with E-state index in [9.17, 15) is 4.79 Å². The summed E-state index contributed by atoms with van der Waals surface area (Å²) >= 11 is 6.15. The van der Waals surface area contributed by atoms with Gasteiger partial charge in [0, 0.05) is 6.54 Å². The number of benzene rings is 1. The molecule has 0 aliphatic carbocycles. The van der Waals surface area contributed by atoms with E-state index in [1.807, 2.05) is 32.0 Å². The van der Waals surface area contributed by atoms with Crippen molar-refractivity contribution in [2.75, 3.05) is 13.1 Å². The Balaban J connectivity index is 0.00000392. The Hall–Kier alpha value is -1.94. The summed E-state index contributed by atoms with van der Waals surface area (Å²) in [5, 5.41) is 6.99. The zero-order valence-corrected chi connectivity index (χ0v) is 19.0. The predicted molar refractivity (Wildman–Crippen MR) is 122 cm³/mol. The molecule has 0 saturated carbocycles. The van der Waals surface area contributed by atoms with Crippen LogP contribution in [0.3, 0.4) is 0 Å². The lowest BCUT2D eigenvalue weighted by Gasteiger charge is -2.20. The van der Waals surface area contributed by atoms with E-state index in [2.05, 4.69) is 15.6 Å². The first kappa shape index (κ1) is 24.1. The number of guanidine groups is 1. The van der Waals surface area contributed by atoms with Crippen LogP contribution < -0.4 is 21.1 Å². The largest absolute Gasteiger partial charge is 0.487 e. The molecule has 0 bridgehead atoms. The molecule has 1 aromatic heterocycles. The third-order valence-corrected chi connectivity index (χ3v) is 4.04. The van der Waals surface area contributed by atoms with E-state index in [0.29, 0.717) is 35.6 Å². The van der Waals surface area contributed by atoms with Gasteiger partial charge in [0.25, 0.3) is 5.91 Å². The molecule has 1 unspecified atom stereocenters. The quantitative estimate of drug-likeness (QED) is 0.267. The third-order valence-electron chi connectivity index (χ3n) is 3.72. The number of rotatable bonds is 9. The number of hydrogen-bond donors (Lipinski definition) is 3. The van der Waals surface area contributed by atoms with Gasteiger partial charge in [-0.15, -0.1) is 24.0 Å². The fraction of sp³-hybridized carbons (Fsp3) is 0.368. The van der Waals surface area contributed by atoms with E-state index in [1.165, 1.54) is 6.07 Å². The van der Waals surface area contributed by atoms with Crippen LogP contribution in [0, 0.1) is 0 Å². The predicted octanol–water partition coefficient (Wildman–Crippen LogP) is 3.56. The lowest BCUT2D eigenvalue weighted by molar-refractivity contribution is 0.0972. The van der Waals surface area contributed by atoms with Crippen LogP contribution in [0.15, 0.2) is 45.8 Å². The molecule has 9 heteroatoms. The molecule has 1 atom stereocenters. The van der Waals surface area contributed by atoms with Gasteiger partial charge in [0.05, 0.1) is 11.6 Å². The third kappa shape index (κ3) is 7.59. The van der Waals surface area contributed by atoms with Crippen LogP contribution in [0.5, 0.6) is 5.75 Å². The van der Waals surface area contributed by atoms with Gasteiger partial charge in [0.1, 0.15) is 24.2 Å². The van der Waals surface area contributed by atoms with Gasteiger partial charge in [0.15, 0.2) is 11.7 Å². The van der Waals surface area contributed by atoms with Gasteiger partial charge in [-0.25, -0.2) is 4.99 Å². The number of para-hydroxylation sites is 1. The summed E-state index contributed by atoms with van der Waals surface area (Å²) in [6.45, 7) is 5.57. The maximum absolute atomic E-state index is 11.1. The Bertz CT molecular complexity index is 782. The lowest BCUT2D eigenvalue weighted by atomic mass is 10.2. The Kier molecular flexibility index (Phi) is 10.8. The lowest BCUT2D eigenvalue weighted by Crippen LogP contribution is -2.42. The number of nitrogens with two attached hydrogens (primary N) is 1. The number of hydrogen-bond acceptors (Lipinski definition) is 4. The fourth-order valence-electron chi connectivity index (χ4n) is 2.29. The summed E-state index contributed by atoms with van der Waals surface area (Å²) in [4.78, 5) is 15.5. The second-order valence-corrected chi connectivity index (χ2v) is 6.19. The summed E-state index contributed by atoms with van der Waals surface area (Å²) in [5.41, 5.74) is 5.18. The van der Waals surface area contributed by atoms with Crippen molar-refractivity contribution >= 4 is 47.4 Å². The molecule has 0 aliphatic rings. The van der Waals surface area contributed by atoms with Crippen molar-refractivity contribution in [1.29, 1.82) is 0 Å². The molecule has 1 heterocycles. The number of aliphatic imine (C=N–C) groups is 1. The topological polar surface area (TPSA) is 102 Å². The van der Waals surface area contributed by atoms with Crippen LogP contribution in [0.2, 0.25) is 5.02 Å². The molecule has 1 aromatic carbocycles. The molecule has 7 nitrogen and oxygen atoms in total. The first-order valence-corrected chi connectivity index (χ1v) is 9.23. The Morgan fingerprint density at radius 2 is 2.00 bits per heavy atom. The van der Waals surface area contributed by atoms with Gasteiger partial charge < -0.3 is 25.5 Å². The van der Waals surface area contributed by atoms with E-state index in [-0.39, 0.29) is 42.4 Å². The number of carbonyl (C=O) groups excluding carboxylic acids is 1. The van der Waals surface area contributed by atoms with E-state index in [1.54, 1.807) is 12.1 Å². The number of nitrogens with zero attached hydrogens (tertiary/aromatic N) is 1. The van der Waals surface area contributed by atoms with Crippen LogP contribution in [-0.4, -0.2) is 31.1 Å². The zero-order chi connectivity index (χ0) is 19.6. The minimum absolute atomic E-state index is 0. The maximum Gasteiger partial charge on any atom is 0.284 e. The normalized spacial score (nSPS) is 12.0. The molecule has 154 valence electrons. The van der Waals surface area contributed by atoms with Gasteiger partial charge in [0.2, 0.25) is 0 Å². The van der Waals surface area contributed by atoms with Crippen molar-refractivity contribution in [3.63, 3.8) is 0 Å². The average Bonchev–Trinajstić information content (AvgIpc) is 3.13. The molecule has 4 N–H and O–H groups in total. The first-order chi connectivity index (χ1) is 13.0. The fourth-order valence-corrected chi connectivity index (χ4v) is 2.47. The summed E-state index contributed by atoms with van der Waals surface area (Å²) in [6, 6.07) is 10.6. The van der Waals surface area contributed by atoms with E-state index in [0.717, 1.165) is 6.42 Å². The highest BCUT2D eigenvalue weighted by Crippen LogP contribution is 2.24. The highest BCUT2D eigenvalue weighted by atomic mass is 127. The van der Waals surface area contributed by atoms with Crippen LogP contribution in [-0.2, 0) is 6.54 Å². The summed E-state index contributed by atoms with van der Waals surface area (Å²) in [7, 11) is 0. The number of carbonyl (C=O) groups is 1. The van der Waals surface area contributed by atoms with Crippen LogP contribution in [0.25, 0.3) is 0 Å². The second-order valence-electron chi connectivity index (χ2n) is 5.78. The van der Waals surface area contributed by atoms with Crippen LogP contribution >= 0.6 is 35.6 Å². The maximum atomic E-state index is 11.1. The number of furan rings is 1. The van der Waals surface area contributed by atoms with Gasteiger partial charge in [-0.1, -0.05) is 30.7 Å². The second kappa shape index (κ2) is 12.5. The number of ether oxygens (including phenoxy) is 1. The molecule has 0 aliphatic heterocycles. The van der Waals surface area contributed by atoms with Crippen molar-refractivity contribution in [3.05, 3.63) is 52.9 Å². The van der Waals surface area contributed by atoms with Gasteiger partial charge in [-0.3, -0.25) is 4.79 Å². The van der Waals surface area contributed by atoms with Crippen molar-refractivity contribution in [1.82, 2.24) is 10.6 Å². The van der Waals surface area contributed by atoms with Crippen molar-refractivity contribution in [2.24, 2.45) is 10.7 Å². The first-order valence-electron chi connectivity index (χ1n) is 8.85. The Labute approximate surface area is 187 Å². The molecular formula is C19H26ClIN4O3. The highest BCUT2D eigenvalue weighted by Gasteiger charge is 2.12. The molecular weight excluding hydrogens is 495 g/mol. The van der Waals surface area contributed by atoms with Crippen molar-refractivity contribution < 1.29 is 13.9 Å². The summed E-state index contributed by atoms with van der Waals surface area (Å²) in [5.74, 6) is 1.36. The number of halogens is 2. The zero-order valence-electron chi connectivity index (χ0n) is 15.9. The summed E-state index contributed by atoms with van der Waals surface area (Å²) < 4.78 is 11.3. The molecule has 0 spiro atoms. The highest BCUT2D eigenvalue weighted by molar-refractivity contribution is 14.0. The molecule has 0 saturated heterocycles. The molecule has 0 radical (unpaired) electrons. The Morgan fingerprint density at radius 1 is 1.25 bits per heavy atom. The summed E-state index contributed by atoms with van der Waals surface area (Å²) in [6.07, 6.45) is 0.733. The van der Waals surface area contributed by atoms with Crippen LogP contribution in [0.4, 0.5) is 0 Å². The standard InChI is InChI=1S/C19H25ClN4O3.HI/c1-3-13(26-16-8-6-5-7-15(16)20)11-23-19(22-4-2)24-12-14-9-10-17(27-14)18(21)25;/h5-10,13H,3-4,11-12H2,1-2H3,(H2,21,25)(H2,22,23,24);1H. The monoisotopic (exact) mass is 520 g/mol. The molecule has 2 rings (SSSR count). The van der Waals surface area contributed by atoms with E-state index in [4.69, 9.17) is 26.5 Å². The average molecular weight is 521 g/mol. The number of amides is 1. The van der Waals surface area contributed by atoms with Gasteiger partial charge >= 0.3 is 0 Å². The minimum atomic E-state index is -0.599. The number of nitrogens with one attached hydrogen (secondary N) is 2. The van der Waals surface area contributed by atoms with Crippen LogP contribution in [0.1, 0.15) is 36.6 Å². The molecule has 28 heavy (non-hydrogen) atoms.